The molecule has 1 amide bonds. The van der Waals surface area contributed by atoms with Gasteiger partial charge in [0.1, 0.15) is 11.6 Å². The van der Waals surface area contributed by atoms with Crippen molar-refractivity contribution in [3.63, 3.8) is 0 Å². The molecule has 0 aromatic heterocycles. The fraction of sp³-hybridized carbons (Fsp3) is 0.529. The zero-order valence-corrected chi connectivity index (χ0v) is 15.1. The van der Waals surface area contributed by atoms with E-state index in [2.05, 4.69) is 5.32 Å². The van der Waals surface area contributed by atoms with E-state index in [4.69, 9.17) is 9.47 Å². The highest BCUT2D eigenvalue weighted by molar-refractivity contribution is 5.83. The maximum Gasteiger partial charge on any atom is 0.408 e. The number of hydrogen-bond acceptors (Lipinski definition) is 6. The van der Waals surface area contributed by atoms with E-state index in [0.29, 0.717) is 6.42 Å². The fourth-order valence-corrected chi connectivity index (χ4v) is 2.01. The lowest BCUT2D eigenvalue weighted by atomic mass is 10.0. The standard InChI is InChI=1S/C17H24N2O6/c1-11(2)10-12(18-16(21)25-17(3,4)5)15(20)24-14-9-7-6-8-13(14)19(22)23/h6-9,11-12H,10H2,1-5H3,(H,18,21)/t12-/m0/s1. The Labute approximate surface area is 146 Å². The van der Waals surface area contributed by atoms with Crippen molar-refractivity contribution < 1.29 is 24.0 Å². The summed E-state index contributed by atoms with van der Waals surface area (Å²) in [5.41, 5.74) is -1.04. The van der Waals surface area contributed by atoms with Crippen LogP contribution in [0.5, 0.6) is 5.75 Å². The van der Waals surface area contributed by atoms with Crippen LogP contribution in [0.3, 0.4) is 0 Å². The molecule has 0 heterocycles. The second-order valence-corrected chi connectivity index (χ2v) is 6.97. The molecule has 0 aliphatic heterocycles. The van der Waals surface area contributed by atoms with E-state index in [9.17, 15) is 19.7 Å². The van der Waals surface area contributed by atoms with Gasteiger partial charge in [0.25, 0.3) is 0 Å². The fourth-order valence-electron chi connectivity index (χ4n) is 2.01. The number of amides is 1. The third-order valence-corrected chi connectivity index (χ3v) is 2.96. The van der Waals surface area contributed by atoms with Gasteiger partial charge in [-0.2, -0.15) is 0 Å². The number of nitro benzene ring substituents is 1. The summed E-state index contributed by atoms with van der Waals surface area (Å²) in [4.78, 5) is 34.7. The molecule has 8 heteroatoms. The Hall–Kier alpha value is -2.64. The van der Waals surface area contributed by atoms with Crippen molar-refractivity contribution in [2.24, 2.45) is 5.92 Å². The molecule has 1 aromatic carbocycles. The van der Waals surface area contributed by atoms with E-state index < -0.39 is 28.6 Å². The smallest absolute Gasteiger partial charge is 0.408 e. The van der Waals surface area contributed by atoms with Gasteiger partial charge in [-0.3, -0.25) is 10.1 Å². The molecule has 0 aliphatic rings. The molecule has 0 bridgehead atoms. The zero-order chi connectivity index (χ0) is 19.2. The summed E-state index contributed by atoms with van der Waals surface area (Å²) < 4.78 is 10.3. The minimum Gasteiger partial charge on any atom is -0.444 e. The third-order valence-electron chi connectivity index (χ3n) is 2.96. The van der Waals surface area contributed by atoms with Crippen molar-refractivity contribution in [3.8, 4) is 5.75 Å². The maximum absolute atomic E-state index is 12.4. The first-order valence-electron chi connectivity index (χ1n) is 7.94. The highest BCUT2D eigenvalue weighted by atomic mass is 16.6. The van der Waals surface area contributed by atoms with Crippen LogP contribution in [-0.2, 0) is 9.53 Å². The number of nitrogens with zero attached hydrogens (tertiary/aromatic N) is 1. The van der Waals surface area contributed by atoms with E-state index >= 15 is 0 Å². The summed E-state index contributed by atoms with van der Waals surface area (Å²) in [6, 6.07) is 4.58. The number of ether oxygens (including phenoxy) is 2. The van der Waals surface area contributed by atoms with Crippen LogP contribution in [0.1, 0.15) is 41.0 Å². The second-order valence-electron chi connectivity index (χ2n) is 6.97. The summed E-state index contributed by atoms with van der Waals surface area (Å²) in [7, 11) is 0. The van der Waals surface area contributed by atoms with Crippen LogP contribution >= 0.6 is 0 Å². The minimum absolute atomic E-state index is 0.0817. The molecule has 0 aliphatic carbocycles. The molecule has 1 aromatic rings. The lowest BCUT2D eigenvalue weighted by Gasteiger charge is -2.23. The van der Waals surface area contributed by atoms with Crippen LogP contribution in [-0.4, -0.2) is 28.6 Å². The van der Waals surface area contributed by atoms with Crippen LogP contribution in [0.15, 0.2) is 24.3 Å². The molecule has 0 spiro atoms. The van der Waals surface area contributed by atoms with Gasteiger partial charge in [0, 0.05) is 6.07 Å². The molecule has 0 fully saturated rings. The van der Waals surface area contributed by atoms with E-state index in [-0.39, 0.29) is 17.4 Å². The molecule has 0 saturated heterocycles. The molecule has 1 atom stereocenters. The molecule has 0 unspecified atom stereocenters. The molecule has 1 N–H and O–H groups in total. The molecule has 0 saturated carbocycles. The summed E-state index contributed by atoms with van der Waals surface area (Å²) in [6.45, 7) is 8.87. The Morgan fingerprint density at radius 1 is 1.24 bits per heavy atom. The quantitative estimate of drug-likeness (QED) is 0.364. The summed E-state index contributed by atoms with van der Waals surface area (Å²) in [5, 5.41) is 13.5. The zero-order valence-electron chi connectivity index (χ0n) is 15.1. The van der Waals surface area contributed by atoms with Gasteiger partial charge >= 0.3 is 17.7 Å². The number of nitrogens with one attached hydrogen (secondary N) is 1. The van der Waals surface area contributed by atoms with Crippen LogP contribution in [0, 0.1) is 16.0 Å². The summed E-state index contributed by atoms with van der Waals surface area (Å²) in [6.07, 6.45) is -0.448. The Kier molecular flexibility index (Phi) is 6.90. The second kappa shape index (κ2) is 8.46. The number of alkyl carbamates (subject to hydrolysis) is 1. The Morgan fingerprint density at radius 2 is 1.84 bits per heavy atom. The number of rotatable bonds is 6. The average Bonchev–Trinajstić information content (AvgIpc) is 2.44. The Bertz CT molecular complexity index is 636. The van der Waals surface area contributed by atoms with Gasteiger partial charge in [-0.15, -0.1) is 0 Å². The number of para-hydroxylation sites is 2. The third kappa shape index (κ3) is 7.19. The molecule has 1 rings (SSSR count). The van der Waals surface area contributed by atoms with Crippen LogP contribution in [0.4, 0.5) is 10.5 Å². The van der Waals surface area contributed by atoms with E-state index in [1.54, 1.807) is 20.8 Å². The maximum atomic E-state index is 12.4. The van der Waals surface area contributed by atoms with Crippen LogP contribution < -0.4 is 10.1 Å². The van der Waals surface area contributed by atoms with Crippen LogP contribution in [0.2, 0.25) is 0 Å². The van der Waals surface area contributed by atoms with Crippen molar-refractivity contribution in [1.29, 1.82) is 0 Å². The number of nitro groups is 1. The first-order chi connectivity index (χ1) is 11.5. The Morgan fingerprint density at radius 3 is 2.36 bits per heavy atom. The largest absolute Gasteiger partial charge is 0.444 e. The topological polar surface area (TPSA) is 108 Å². The van der Waals surface area contributed by atoms with Crippen molar-refractivity contribution in [1.82, 2.24) is 5.32 Å². The van der Waals surface area contributed by atoms with Crippen LogP contribution in [0.25, 0.3) is 0 Å². The highest BCUT2D eigenvalue weighted by Gasteiger charge is 2.28. The molecule has 138 valence electrons. The molecule has 8 nitrogen and oxygen atoms in total. The van der Waals surface area contributed by atoms with Gasteiger partial charge in [0.05, 0.1) is 4.92 Å². The summed E-state index contributed by atoms with van der Waals surface area (Å²) >= 11 is 0. The SMILES string of the molecule is CC(C)C[C@H](NC(=O)OC(C)(C)C)C(=O)Oc1ccccc1[N+](=O)[O-]. The minimum atomic E-state index is -0.977. The predicted molar refractivity (Wildman–Crippen MR) is 91.3 cm³/mol. The van der Waals surface area contributed by atoms with Gasteiger partial charge in [-0.1, -0.05) is 26.0 Å². The van der Waals surface area contributed by atoms with Gasteiger partial charge in [-0.05, 0) is 39.2 Å². The lowest BCUT2D eigenvalue weighted by Crippen LogP contribution is -2.45. The predicted octanol–water partition coefficient (Wildman–Crippen LogP) is 3.44. The first kappa shape index (κ1) is 20.4. The van der Waals surface area contributed by atoms with Crippen molar-refractivity contribution in [3.05, 3.63) is 34.4 Å². The van der Waals surface area contributed by atoms with Crippen molar-refractivity contribution in [2.75, 3.05) is 0 Å². The van der Waals surface area contributed by atoms with Gasteiger partial charge < -0.3 is 14.8 Å². The number of carbonyl (C=O) groups is 2. The van der Waals surface area contributed by atoms with Gasteiger partial charge in [0.15, 0.2) is 0 Å². The number of benzene rings is 1. The Balaban J connectivity index is 2.91. The monoisotopic (exact) mass is 352 g/mol. The van der Waals surface area contributed by atoms with Gasteiger partial charge in [-0.25, -0.2) is 9.59 Å². The number of hydrogen-bond donors (Lipinski definition) is 1. The lowest BCUT2D eigenvalue weighted by molar-refractivity contribution is -0.385. The van der Waals surface area contributed by atoms with E-state index in [1.165, 1.54) is 24.3 Å². The first-order valence-corrected chi connectivity index (χ1v) is 7.94. The molecular formula is C17H24N2O6. The average molecular weight is 352 g/mol. The summed E-state index contributed by atoms with van der Waals surface area (Å²) in [5.74, 6) is -0.871. The highest BCUT2D eigenvalue weighted by Crippen LogP contribution is 2.26. The van der Waals surface area contributed by atoms with Crippen molar-refractivity contribution in [2.45, 2.75) is 52.7 Å². The molecular weight excluding hydrogens is 328 g/mol. The molecule has 0 radical (unpaired) electrons. The molecule has 25 heavy (non-hydrogen) atoms. The van der Waals surface area contributed by atoms with E-state index in [0.717, 1.165) is 0 Å². The normalized spacial score (nSPS) is 12.4. The van der Waals surface area contributed by atoms with E-state index in [1.807, 2.05) is 13.8 Å². The van der Waals surface area contributed by atoms with Crippen molar-refractivity contribution >= 4 is 17.7 Å². The number of esters is 1. The van der Waals surface area contributed by atoms with Gasteiger partial charge in [0.2, 0.25) is 5.75 Å². The number of carbonyl (C=O) groups excluding carboxylic acids is 2.